The zero-order valence-electron chi connectivity index (χ0n) is 7.74. The summed E-state index contributed by atoms with van der Waals surface area (Å²) >= 11 is 0. The third kappa shape index (κ3) is 3.05. The van der Waals surface area contributed by atoms with Gasteiger partial charge in [0.15, 0.2) is 5.78 Å². The van der Waals surface area contributed by atoms with Gasteiger partial charge in [0.2, 0.25) is 0 Å². The Morgan fingerprint density at radius 1 is 1.27 bits per heavy atom. The van der Waals surface area contributed by atoms with E-state index in [1.54, 1.807) is 0 Å². The summed E-state index contributed by atoms with van der Waals surface area (Å²) in [6.45, 7) is 0. The van der Waals surface area contributed by atoms with Gasteiger partial charge in [0, 0.05) is 6.42 Å². The predicted octanol–water partition coefficient (Wildman–Crippen LogP) is 1.58. The molecule has 1 aromatic rings. The van der Waals surface area contributed by atoms with Crippen LogP contribution in [0.2, 0.25) is 0 Å². The van der Waals surface area contributed by atoms with Crippen molar-refractivity contribution in [3.05, 3.63) is 29.6 Å². The highest BCUT2D eigenvalue weighted by molar-refractivity contribution is 5.99. The summed E-state index contributed by atoms with van der Waals surface area (Å²) in [6.07, 6.45) is -0.596. The molecule has 0 radical (unpaired) electrons. The highest BCUT2D eigenvalue weighted by atomic mass is 19.1. The Kier molecular flexibility index (Phi) is 3.38. The number of aliphatic carboxylic acids is 1. The number of Topliss-reactive ketones (excluding diaryl/α,β-unsaturated/α-hetero) is 1. The first-order chi connectivity index (χ1) is 7.00. The van der Waals surface area contributed by atoms with Crippen molar-refractivity contribution in [3.8, 4) is 5.75 Å². The standard InChI is InChI=1S/C10H9FO4/c11-6-1-2-8(12)7(5-6)9(13)3-4-10(14)15/h1-2,5,12H,3-4H2,(H,14,15). The number of hydrogen-bond donors (Lipinski definition) is 2. The van der Waals surface area contributed by atoms with Crippen LogP contribution in [0, 0.1) is 5.82 Å². The van der Waals surface area contributed by atoms with Crippen LogP contribution in [0.5, 0.6) is 5.75 Å². The molecule has 0 amide bonds. The summed E-state index contributed by atoms with van der Waals surface area (Å²) in [6, 6.07) is 2.96. The van der Waals surface area contributed by atoms with Gasteiger partial charge >= 0.3 is 5.97 Å². The average Bonchev–Trinajstić information content (AvgIpc) is 2.18. The smallest absolute Gasteiger partial charge is 0.303 e. The minimum absolute atomic E-state index is 0.184. The number of phenolic OH excluding ortho intramolecular Hbond substituents is 1. The van der Waals surface area contributed by atoms with Gasteiger partial charge in [-0.15, -0.1) is 0 Å². The number of ketones is 1. The lowest BCUT2D eigenvalue weighted by atomic mass is 10.1. The molecule has 0 unspecified atom stereocenters. The second-order valence-electron chi connectivity index (χ2n) is 2.98. The fourth-order valence-electron chi connectivity index (χ4n) is 1.09. The molecule has 1 rings (SSSR count). The lowest BCUT2D eigenvalue weighted by Gasteiger charge is -2.02. The van der Waals surface area contributed by atoms with Gasteiger partial charge in [-0.25, -0.2) is 4.39 Å². The third-order valence-electron chi connectivity index (χ3n) is 1.82. The van der Waals surface area contributed by atoms with E-state index in [1.807, 2.05) is 0 Å². The van der Waals surface area contributed by atoms with E-state index in [2.05, 4.69) is 0 Å². The normalized spacial score (nSPS) is 9.93. The van der Waals surface area contributed by atoms with Crippen molar-refractivity contribution in [1.82, 2.24) is 0 Å². The minimum Gasteiger partial charge on any atom is -0.507 e. The molecular formula is C10H9FO4. The van der Waals surface area contributed by atoms with Crippen LogP contribution < -0.4 is 0 Å². The van der Waals surface area contributed by atoms with E-state index in [9.17, 15) is 19.1 Å². The number of carboxylic acids is 1. The molecule has 2 N–H and O–H groups in total. The summed E-state index contributed by atoms with van der Waals surface area (Å²) in [5.41, 5.74) is -0.184. The van der Waals surface area contributed by atoms with Crippen LogP contribution in [-0.4, -0.2) is 22.0 Å². The van der Waals surface area contributed by atoms with Crippen LogP contribution in [0.15, 0.2) is 18.2 Å². The van der Waals surface area contributed by atoms with Crippen LogP contribution in [0.3, 0.4) is 0 Å². The van der Waals surface area contributed by atoms with Crippen LogP contribution >= 0.6 is 0 Å². The summed E-state index contributed by atoms with van der Waals surface area (Å²) in [7, 11) is 0. The lowest BCUT2D eigenvalue weighted by molar-refractivity contribution is -0.136. The predicted molar refractivity (Wildman–Crippen MR) is 49.3 cm³/mol. The topological polar surface area (TPSA) is 74.6 Å². The second-order valence-corrected chi connectivity index (χ2v) is 2.98. The van der Waals surface area contributed by atoms with Crippen molar-refractivity contribution in [2.24, 2.45) is 0 Å². The summed E-state index contributed by atoms with van der Waals surface area (Å²) in [5.74, 6) is -2.69. The molecule has 1 aromatic carbocycles. The van der Waals surface area contributed by atoms with Gasteiger partial charge in [0.25, 0.3) is 0 Å². The molecule has 0 heterocycles. The molecule has 0 saturated carbocycles. The van der Waals surface area contributed by atoms with Gasteiger partial charge in [-0.3, -0.25) is 9.59 Å². The van der Waals surface area contributed by atoms with Crippen molar-refractivity contribution in [3.63, 3.8) is 0 Å². The van der Waals surface area contributed by atoms with Gasteiger partial charge < -0.3 is 10.2 Å². The number of halogens is 1. The molecule has 0 aliphatic heterocycles. The molecule has 5 heteroatoms. The fourth-order valence-corrected chi connectivity index (χ4v) is 1.09. The van der Waals surface area contributed by atoms with Gasteiger partial charge in [-0.05, 0) is 18.2 Å². The lowest BCUT2D eigenvalue weighted by Crippen LogP contribution is -2.04. The molecule has 0 aliphatic rings. The van der Waals surface area contributed by atoms with Gasteiger partial charge in [0.1, 0.15) is 11.6 Å². The molecule has 0 aromatic heterocycles. The summed E-state index contributed by atoms with van der Waals surface area (Å²) in [4.78, 5) is 21.5. The van der Waals surface area contributed by atoms with Gasteiger partial charge in [-0.1, -0.05) is 0 Å². The van der Waals surface area contributed by atoms with Crippen LogP contribution in [0.4, 0.5) is 4.39 Å². The van der Waals surface area contributed by atoms with E-state index in [-0.39, 0.29) is 24.2 Å². The van der Waals surface area contributed by atoms with E-state index < -0.39 is 17.6 Å². The van der Waals surface area contributed by atoms with E-state index in [1.165, 1.54) is 0 Å². The van der Waals surface area contributed by atoms with Gasteiger partial charge in [0.05, 0.1) is 12.0 Å². The number of carbonyl (C=O) groups excluding carboxylic acids is 1. The maximum absolute atomic E-state index is 12.7. The summed E-state index contributed by atoms with van der Waals surface area (Å²) in [5, 5.41) is 17.6. The molecule has 0 aliphatic carbocycles. The first-order valence-corrected chi connectivity index (χ1v) is 4.24. The number of carboxylic acid groups (broad SMARTS) is 1. The number of phenols is 1. The average molecular weight is 212 g/mol. The van der Waals surface area contributed by atoms with Gasteiger partial charge in [-0.2, -0.15) is 0 Å². The minimum atomic E-state index is -1.11. The van der Waals surface area contributed by atoms with Crippen molar-refractivity contribution >= 4 is 11.8 Å². The monoisotopic (exact) mass is 212 g/mol. The molecule has 0 bridgehead atoms. The Morgan fingerprint density at radius 2 is 1.93 bits per heavy atom. The van der Waals surface area contributed by atoms with Crippen molar-refractivity contribution in [2.75, 3.05) is 0 Å². The van der Waals surface area contributed by atoms with Crippen molar-refractivity contribution in [1.29, 1.82) is 0 Å². The first-order valence-electron chi connectivity index (χ1n) is 4.24. The molecular weight excluding hydrogens is 203 g/mol. The Labute approximate surface area is 85.0 Å². The van der Waals surface area contributed by atoms with Crippen LogP contribution in [0.1, 0.15) is 23.2 Å². The molecule has 4 nitrogen and oxygen atoms in total. The Bertz CT molecular complexity index is 400. The first kappa shape index (κ1) is 11.2. The molecule has 0 fully saturated rings. The van der Waals surface area contributed by atoms with Crippen LogP contribution in [-0.2, 0) is 4.79 Å². The zero-order chi connectivity index (χ0) is 11.4. The molecule has 80 valence electrons. The summed E-state index contributed by atoms with van der Waals surface area (Å²) < 4.78 is 12.7. The highest BCUT2D eigenvalue weighted by Gasteiger charge is 2.13. The number of rotatable bonds is 4. The van der Waals surface area contributed by atoms with Crippen molar-refractivity contribution < 1.29 is 24.2 Å². The highest BCUT2D eigenvalue weighted by Crippen LogP contribution is 2.19. The van der Waals surface area contributed by atoms with Crippen molar-refractivity contribution in [2.45, 2.75) is 12.8 Å². The largest absolute Gasteiger partial charge is 0.507 e. The number of carbonyl (C=O) groups is 2. The SMILES string of the molecule is O=C(O)CCC(=O)c1cc(F)ccc1O. The van der Waals surface area contributed by atoms with E-state index in [4.69, 9.17) is 5.11 Å². The fraction of sp³-hybridized carbons (Fsp3) is 0.200. The number of hydrogen-bond acceptors (Lipinski definition) is 3. The molecule has 0 saturated heterocycles. The molecule has 0 spiro atoms. The van der Waals surface area contributed by atoms with E-state index in [0.717, 1.165) is 18.2 Å². The second kappa shape index (κ2) is 4.54. The van der Waals surface area contributed by atoms with Crippen LogP contribution in [0.25, 0.3) is 0 Å². The Balaban J connectivity index is 2.81. The third-order valence-corrected chi connectivity index (χ3v) is 1.82. The molecule has 15 heavy (non-hydrogen) atoms. The maximum Gasteiger partial charge on any atom is 0.303 e. The number of benzene rings is 1. The Hall–Kier alpha value is -1.91. The molecule has 0 atom stereocenters. The van der Waals surface area contributed by atoms with E-state index >= 15 is 0 Å². The Morgan fingerprint density at radius 3 is 2.53 bits per heavy atom. The maximum atomic E-state index is 12.7. The quantitative estimate of drug-likeness (QED) is 0.743. The van der Waals surface area contributed by atoms with E-state index in [0.29, 0.717) is 0 Å². The zero-order valence-corrected chi connectivity index (χ0v) is 7.74. The number of aromatic hydroxyl groups is 1.